The Kier molecular flexibility index (Phi) is 6.32. The highest BCUT2D eigenvalue weighted by Gasteiger charge is 2.34. The topological polar surface area (TPSA) is 86.7 Å². The van der Waals surface area contributed by atoms with Crippen LogP contribution in [0.5, 0.6) is 0 Å². The van der Waals surface area contributed by atoms with Gasteiger partial charge in [-0.05, 0) is 34.7 Å². The molecule has 6 nitrogen and oxygen atoms in total. The van der Waals surface area contributed by atoms with Crippen LogP contribution in [0.3, 0.4) is 0 Å². The Morgan fingerprint density at radius 3 is 2.52 bits per heavy atom. The standard InChI is InChI=1S/C23H26N2O4/c1-15(2)10-21(26)25-14-18-8-4-3-7-17(18)13-20(25)23(29)24-19-9-5-6-16(11-19)12-22(27)28/h3-9,11,15,20H,10,12-14H2,1-2H3,(H,24,29)(H,27,28). The third-order valence-electron chi connectivity index (χ3n) is 5.00. The molecule has 1 unspecified atom stereocenters. The fourth-order valence-electron chi connectivity index (χ4n) is 3.65. The summed E-state index contributed by atoms with van der Waals surface area (Å²) in [5, 5.41) is 11.8. The molecule has 1 heterocycles. The van der Waals surface area contributed by atoms with Gasteiger partial charge in [0.05, 0.1) is 6.42 Å². The lowest BCUT2D eigenvalue weighted by atomic mass is 9.92. The first-order valence-electron chi connectivity index (χ1n) is 9.81. The van der Waals surface area contributed by atoms with Crippen molar-refractivity contribution in [3.63, 3.8) is 0 Å². The van der Waals surface area contributed by atoms with E-state index < -0.39 is 12.0 Å². The Morgan fingerprint density at radius 1 is 1.10 bits per heavy atom. The number of nitrogens with zero attached hydrogens (tertiary/aromatic N) is 1. The van der Waals surface area contributed by atoms with Gasteiger partial charge in [-0.3, -0.25) is 14.4 Å². The van der Waals surface area contributed by atoms with E-state index in [1.54, 1.807) is 29.2 Å². The van der Waals surface area contributed by atoms with Gasteiger partial charge in [-0.25, -0.2) is 0 Å². The Labute approximate surface area is 170 Å². The van der Waals surface area contributed by atoms with Gasteiger partial charge in [0, 0.05) is 25.1 Å². The lowest BCUT2D eigenvalue weighted by Gasteiger charge is -2.36. The first kappa shape index (κ1) is 20.6. The van der Waals surface area contributed by atoms with Crippen LogP contribution in [-0.2, 0) is 33.8 Å². The van der Waals surface area contributed by atoms with Crippen molar-refractivity contribution in [3.8, 4) is 0 Å². The maximum Gasteiger partial charge on any atom is 0.307 e. The minimum absolute atomic E-state index is 0.0331. The highest BCUT2D eigenvalue weighted by Crippen LogP contribution is 2.26. The van der Waals surface area contributed by atoms with Gasteiger partial charge in [-0.15, -0.1) is 0 Å². The molecule has 1 aliphatic heterocycles. The molecule has 1 atom stereocenters. The summed E-state index contributed by atoms with van der Waals surface area (Å²) >= 11 is 0. The molecule has 0 saturated carbocycles. The number of carboxylic acid groups (broad SMARTS) is 1. The number of carboxylic acids is 1. The maximum absolute atomic E-state index is 13.1. The molecule has 0 saturated heterocycles. The smallest absolute Gasteiger partial charge is 0.307 e. The Hall–Kier alpha value is -3.15. The second-order valence-electron chi connectivity index (χ2n) is 7.87. The first-order valence-corrected chi connectivity index (χ1v) is 9.81. The van der Waals surface area contributed by atoms with Gasteiger partial charge < -0.3 is 15.3 Å². The summed E-state index contributed by atoms with van der Waals surface area (Å²) in [5.74, 6) is -1.02. The molecule has 1 aliphatic rings. The molecule has 0 radical (unpaired) electrons. The highest BCUT2D eigenvalue weighted by molar-refractivity contribution is 5.97. The zero-order valence-corrected chi connectivity index (χ0v) is 16.7. The lowest BCUT2D eigenvalue weighted by Crippen LogP contribution is -2.50. The number of benzene rings is 2. The average molecular weight is 394 g/mol. The van der Waals surface area contributed by atoms with Gasteiger partial charge in [0.15, 0.2) is 0 Å². The molecule has 152 valence electrons. The van der Waals surface area contributed by atoms with Crippen molar-refractivity contribution in [1.82, 2.24) is 4.90 Å². The van der Waals surface area contributed by atoms with Crippen LogP contribution in [0.2, 0.25) is 0 Å². The summed E-state index contributed by atoms with van der Waals surface area (Å²) in [6.07, 6.45) is 0.736. The fourth-order valence-corrected chi connectivity index (χ4v) is 3.65. The molecule has 0 aromatic heterocycles. The first-order chi connectivity index (χ1) is 13.8. The maximum atomic E-state index is 13.1. The zero-order chi connectivity index (χ0) is 21.0. The predicted octanol–water partition coefficient (Wildman–Crippen LogP) is 3.25. The van der Waals surface area contributed by atoms with Crippen LogP contribution >= 0.6 is 0 Å². The van der Waals surface area contributed by atoms with Crippen molar-refractivity contribution in [3.05, 3.63) is 65.2 Å². The van der Waals surface area contributed by atoms with Crippen LogP contribution in [0.4, 0.5) is 5.69 Å². The molecule has 2 aromatic carbocycles. The van der Waals surface area contributed by atoms with Crippen molar-refractivity contribution in [2.75, 3.05) is 5.32 Å². The van der Waals surface area contributed by atoms with Gasteiger partial charge in [0.2, 0.25) is 11.8 Å². The zero-order valence-electron chi connectivity index (χ0n) is 16.7. The summed E-state index contributed by atoms with van der Waals surface area (Å²) in [4.78, 5) is 38.5. The molecule has 3 rings (SSSR count). The lowest BCUT2D eigenvalue weighted by molar-refractivity contribution is -0.140. The number of hydrogen-bond donors (Lipinski definition) is 2. The van der Waals surface area contributed by atoms with Crippen LogP contribution in [-0.4, -0.2) is 33.8 Å². The SMILES string of the molecule is CC(C)CC(=O)N1Cc2ccccc2CC1C(=O)Nc1cccc(CC(=O)O)c1. The van der Waals surface area contributed by atoms with E-state index in [2.05, 4.69) is 5.32 Å². The van der Waals surface area contributed by atoms with Crippen molar-refractivity contribution >= 4 is 23.5 Å². The summed E-state index contributed by atoms with van der Waals surface area (Å²) in [6.45, 7) is 4.39. The van der Waals surface area contributed by atoms with Crippen molar-refractivity contribution in [1.29, 1.82) is 0 Å². The van der Waals surface area contributed by atoms with E-state index in [1.165, 1.54) is 0 Å². The van der Waals surface area contributed by atoms with Gasteiger partial charge >= 0.3 is 5.97 Å². The molecule has 0 aliphatic carbocycles. The van der Waals surface area contributed by atoms with Gasteiger partial charge in [0.1, 0.15) is 6.04 Å². The molecule has 2 amide bonds. The summed E-state index contributed by atoms with van der Waals surface area (Å²) in [5.41, 5.74) is 3.28. The van der Waals surface area contributed by atoms with Crippen molar-refractivity contribution in [2.24, 2.45) is 5.92 Å². The molecule has 2 aromatic rings. The predicted molar refractivity (Wildman–Crippen MR) is 110 cm³/mol. The number of carbonyl (C=O) groups excluding carboxylic acids is 2. The molecular formula is C23H26N2O4. The number of nitrogens with one attached hydrogen (secondary N) is 1. The Balaban J connectivity index is 1.82. The third-order valence-corrected chi connectivity index (χ3v) is 5.00. The molecule has 29 heavy (non-hydrogen) atoms. The van der Waals surface area contributed by atoms with Crippen LogP contribution in [0, 0.1) is 5.92 Å². The van der Waals surface area contributed by atoms with E-state index in [1.807, 2.05) is 38.1 Å². The van der Waals surface area contributed by atoms with E-state index in [9.17, 15) is 14.4 Å². The molecule has 6 heteroatoms. The summed E-state index contributed by atoms with van der Waals surface area (Å²) < 4.78 is 0. The number of rotatable bonds is 6. The second kappa shape index (κ2) is 8.90. The minimum atomic E-state index is -0.928. The monoisotopic (exact) mass is 394 g/mol. The summed E-state index contributed by atoms with van der Waals surface area (Å²) in [7, 11) is 0. The molecular weight excluding hydrogens is 368 g/mol. The van der Waals surface area contributed by atoms with Crippen molar-refractivity contribution < 1.29 is 19.5 Å². The molecule has 0 spiro atoms. The third kappa shape index (κ3) is 5.22. The van der Waals surface area contributed by atoms with E-state index in [0.29, 0.717) is 30.6 Å². The number of amides is 2. The minimum Gasteiger partial charge on any atom is -0.481 e. The molecule has 2 N–H and O–H groups in total. The van der Waals surface area contributed by atoms with Gasteiger partial charge in [0.25, 0.3) is 0 Å². The van der Waals surface area contributed by atoms with E-state index in [-0.39, 0.29) is 24.2 Å². The van der Waals surface area contributed by atoms with Gasteiger partial charge in [-0.2, -0.15) is 0 Å². The number of fused-ring (bicyclic) bond motifs is 1. The molecule has 0 bridgehead atoms. The average Bonchev–Trinajstić information content (AvgIpc) is 2.66. The highest BCUT2D eigenvalue weighted by atomic mass is 16.4. The van der Waals surface area contributed by atoms with Crippen molar-refractivity contribution in [2.45, 2.75) is 45.7 Å². The fraction of sp³-hybridized carbons (Fsp3) is 0.348. The van der Waals surface area contributed by atoms with E-state index in [0.717, 1.165) is 11.1 Å². The summed E-state index contributed by atoms with van der Waals surface area (Å²) in [6, 6.07) is 14.1. The number of anilines is 1. The van der Waals surface area contributed by atoms with Gasteiger partial charge in [-0.1, -0.05) is 50.2 Å². The second-order valence-corrected chi connectivity index (χ2v) is 7.87. The van der Waals surface area contributed by atoms with Crippen LogP contribution in [0.25, 0.3) is 0 Å². The quantitative estimate of drug-likeness (QED) is 0.787. The largest absolute Gasteiger partial charge is 0.481 e. The number of aliphatic carboxylic acids is 1. The molecule has 0 fully saturated rings. The number of carbonyl (C=O) groups is 3. The normalized spacial score (nSPS) is 15.7. The Bertz CT molecular complexity index is 923. The van der Waals surface area contributed by atoms with E-state index >= 15 is 0 Å². The van der Waals surface area contributed by atoms with Crippen LogP contribution < -0.4 is 5.32 Å². The Morgan fingerprint density at radius 2 is 1.83 bits per heavy atom. The van der Waals surface area contributed by atoms with E-state index in [4.69, 9.17) is 5.11 Å². The number of hydrogen-bond acceptors (Lipinski definition) is 3. The van der Waals surface area contributed by atoms with Crippen LogP contribution in [0.1, 0.15) is 37.0 Å². The van der Waals surface area contributed by atoms with Crippen LogP contribution in [0.15, 0.2) is 48.5 Å².